The molecule has 3 aliphatic heterocycles. The lowest BCUT2D eigenvalue weighted by Crippen LogP contribution is -2.56. The number of halogens is 2. The van der Waals surface area contributed by atoms with Gasteiger partial charge in [0.25, 0.3) is 0 Å². The molecule has 7 nitrogen and oxygen atoms in total. The predicted octanol–water partition coefficient (Wildman–Crippen LogP) is 5.06. The first-order chi connectivity index (χ1) is 19.9. The number of carbonyl (C=O) groups is 1. The van der Waals surface area contributed by atoms with Crippen molar-refractivity contribution >= 4 is 45.8 Å². The Morgan fingerprint density at radius 1 is 0.878 bits per heavy atom. The van der Waals surface area contributed by atoms with Crippen LogP contribution in [0.5, 0.6) is 0 Å². The zero-order valence-electron chi connectivity index (χ0n) is 22.8. The van der Waals surface area contributed by atoms with Gasteiger partial charge in [-0.1, -0.05) is 65.7 Å². The van der Waals surface area contributed by atoms with Crippen LogP contribution in [0.4, 0.5) is 5.69 Å². The van der Waals surface area contributed by atoms with E-state index in [0.29, 0.717) is 42.8 Å². The molecule has 0 bridgehead atoms. The lowest BCUT2D eigenvalue weighted by molar-refractivity contribution is -0.125. The highest BCUT2D eigenvalue weighted by atomic mass is 35.5. The van der Waals surface area contributed by atoms with Crippen molar-refractivity contribution in [2.75, 3.05) is 50.9 Å². The third-order valence-corrected chi connectivity index (χ3v) is 10.9. The Balaban J connectivity index is 1.12. The maximum absolute atomic E-state index is 13.4. The first kappa shape index (κ1) is 28.6. The molecule has 216 valence electrons. The fraction of sp³-hybridized carbons (Fsp3) is 0.387. The molecule has 0 aromatic heterocycles. The maximum atomic E-state index is 13.4. The van der Waals surface area contributed by atoms with Crippen LogP contribution < -0.4 is 10.2 Å². The second-order valence-electron chi connectivity index (χ2n) is 10.9. The number of nitrogens with one attached hydrogen (secondary N) is 1. The van der Waals surface area contributed by atoms with Crippen LogP contribution >= 0.6 is 23.2 Å². The molecule has 0 radical (unpaired) electrons. The van der Waals surface area contributed by atoms with E-state index in [0.717, 1.165) is 48.6 Å². The second kappa shape index (κ2) is 12.0. The largest absolute Gasteiger partial charge is 0.368 e. The summed E-state index contributed by atoms with van der Waals surface area (Å²) in [4.78, 5) is 18.4. The molecule has 3 aromatic carbocycles. The third-order valence-electron chi connectivity index (χ3n) is 8.70. The van der Waals surface area contributed by atoms with Crippen LogP contribution in [0.2, 0.25) is 10.0 Å². The molecule has 1 amide bonds. The van der Waals surface area contributed by atoms with Gasteiger partial charge in [-0.15, -0.1) is 0 Å². The quantitative estimate of drug-likeness (QED) is 0.385. The molecule has 3 aliphatic rings. The minimum atomic E-state index is -1.29. The normalized spacial score (nSPS) is 23.7. The van der Waals surface area contributed by atoms with Crippen LogP contribution in [0, 0.1) is 0 Å². The van der Waals surface area contributed by atoms with Crippen molar-refractivity contribution in [3.63, 3.8) is 0 Å². The molecule has 1 spiro atoms. The number of benzene rings is 3. The molecule has 41 heavy (non-hydrogen) atoms. The van der Waals surface area contributed by atoms with Crippen molar-refractivity contribution in [2.45, 2.75) is 35.3 Å². The number of para-hydroxylation sites is 1. The summed E-state index contributed by atoms with van der Waals surface area (Å²) < 4.78 is 22.1. The Morgan fingerprint density at radius 3 is 2.29 bits per heavy atom. The Kier molecular flexibility index (Phi) is 8.41. The molecule has 0 saturated carbocycles. The minimum Gasteiger partial charge on any atom is -0.368 e. The molecular formula is C31H34Cl2N4O3S. The zero-order valence-corrected chi connectivity index (χ0v) is 25.1. The Hall–Kier alpha value is -2.46. The summed E-state index contributed by atoms with van der Waals surface area (Å²) in [6.45, 7) is 4.54. The average molecular weight is 614 g/mol. The van der Waals surface area contributed by atoms with E-state index in [1.807, 2.05) is 65.0 Å². The Bertz CT molecular complexity index is 1400. The van der Waals surface area contributed by atoms with Crippen LogP contribution in [0.25, 0.3) is 0 Å². The van der Waals surface area contributed by atoms with Gasteiger partial charge in [0.2, 0.25) is 5.91 Å². The van der Waals surface area contributed by atoms with E-state index in [9.17, 15) is 9.00 Å². The molecule has 3 saturated heterocycles. The Labute approximate surface area is 253 Å². The monoisotopic (exact) mass is 612 g/mol. The number of hydrogen-bond acceptors (Lipinski definition) is 5. The summed E-state index contributed by atoms with van der Waals surface area (Å²) in [6.07, 6.45) is 2.21. The molecule has 10 heteroatoms. The molecule has 1 N–H and O–H groups in total. The molecular weight excluding hydrogens is 579 g/mol. The number of nitrogens with zero attached hydrogens (tertiary/aromatic N) is 3. The second-order valence-corrected chi connectivity index (χ2v) is 13.2. The summed E-state index contributed by atoms with van der Waals surface area (Å²) in [5, 5.41) is 4.05. The molecule has 3 heterocycles. The molecule has 2 unspecified atom stereocenters. The smallest absolute Gasteiger partial charge is 0.247 e. The van der Waals surface area contributed by atoms with E-state index in [1.54, 1.807) is 6.07 Å². The van der Waals surface area contributed by atoms with Gasteiger partial charge in [-0.05, 0) is 61.2 Å². The SMILES string of the molecule is O=C1NCN(c2ccccc2)C12CCN(CCOC1(c3ccc(Cl)c(Cl)c3)CCN(S(=O)c3ccccc3)C1)CC2. The van der Waals surface area contributed by atoms with Gasteiger partial charge in [-0.2, -0.15) is 0 Å². The summed E-state index contributed by atoms with van der Waals surface area (Å²) in [6, 6.07) is 25.3. The van der Waals surface area contributed by atoms with Crippen LogP contribution in [0.15, 0.2) is 83.8 Å². The number of likely N-dealkylation sites (tertiary alicyclic amines) is 1. The van der Waals surface area contributed by atoms with E-state index >= 15 is 0 Å². The highest BCUT2D eigenvalue weighted by Crippen LogP contribution is 2.40. The van der Waals surface area contributed by atoms with E-state index in [2.05, 4.69) is 27.2 Å². The number of hydrogen-bond donors (Lipinski definition) is 1. The van der Waals surface area contributed by atoms with Crippen LogP contribution in [-0.2, 0) is 26.1 Å². The van der Waals surface area contributed by atoms with Gasteiger partial charge < -0.3 is 19.9 Å². The average Bonchev–Trinajstić information content (AvgIpc) is 3.58. The molecule has 3 aromatic rings. The molecule has 3 fully saturated rings. The van der Waals surface area contributed by atoms with Gasteiger partial charge >= 0.3 is 0 Å². The lowest BCUT2D eigenvalue weighted by Gasteiger charge is -2.43. The summed E-state index contributed by atoms with van der Waals surface area (Å²) in [5.74, 6) is 0.119. The highest BCUT2D eigenvalue weighted by Gasteiger charge is 2.50. The number of piperidine rings is 1. The molecule has 0 aliphatic carbocycles. The van der Waals surface area contributed by atoms with E-state index in [1.165, 1.54) is 0 Å². The van der Waals surface area contributed by atoms with Crippen molar-refractivity contribution in [1.82, 2.24) is 14.5 Å². The van der Waals surface area contributed by atoms with Crippen molar-refractivity contribution in [1.29, 1.82) is 0 Å². The zero-order chi connectivity index (χ0) is 28.5. The fourth-order valence-electron chi connectivity index (χ4n) is 6.34. The first-order valence-corrected chi connectivity index (χ1v) is 15.9. The summed E-state index contributed by atoms with van der Waals surface area (Å²) in [5.41, 5.74) is 0.863. The number of rotatable bonds is 8. The standard InChI is InChI=1S/C31H34Cl2N4O3S/c32-27-12-11-24(21-28(27)33)31(15-18-36(22-31)41(39)26-9-5-2-6-10-26)40-20-19-35-16-13-30(14-17-35)29(38)34-23-37(30)25-7-3-1-4-8-25/h1-12,21H,13-20,22-23H2,(H,34,38). The van der Waals surface area contributed by atoms with Crippen LogP contribution in [-0.4, -0.2) is 70.9 Å². The predicted molar refractivity (Wildman–Crippen MR) is 163 cm³/mol. The van der Waals surface area contributed by atoms with Gasteiger partial charge in [-0.25, -0.2) is 8.51 Å². The number of ether oxygens (including phenoxy) is 1. The molecule has 2 atom stereocenters. The van der Waals surface area contributed by atoms with Crippen LogP contribution in [0.1, 0.15) is 24.8 Å². The van der Waals surface area contributed by atoms with E-state index < -0.39 is 22.1 Å². The number of amides is 1. The van der Waals surface area contributed by atoms with Gasteiger partial charge in [0.15, 0.2) is 0 Å². The fourth-order valence-corrected chi connectivity index (χ4v) is 7.91. The summed E-state index contributed by atoms with van der Waals surface area (Å²) >= 11 is 12.7. The van der Waals surface area contributed by atoms with E-state index in [-0.39, 0.29) is 5.91 Å². The maximum Gasteiger partial charge on any atom is 0.247 e. The van der Waals surface area contributed by atoms with Gasteiger partial charge in [0.1, 0.15) is 22.1 Å². The van der Waals surface area contributed by atoms with Gasteiger partial charge in [-0.3, -0.25) is 4.79 Å². The van der Waals surface area contributed by atoms with Crippen molar-refractivity contribution in [3.8, 4) is 0 Å². The van der Waals surface area contributed by atoms with Crippen molar-refractivity contribution in [3.05, 3.63) is 94.5 Å². The lowest BCUT2D eigenvalue weighted by atomic mass is 9.85. The van der Waals surface area contributed by atoms with Gasteiger partial charge in [0, 0.05) is 38.4 Å². The first-order valence-electron chi connectivity index (χ1n) is 14.1. The topological polar surface area (TPSA) is 65.1 Å². The molecule has 6 rings (SSSR count). The number of carbonyl (C=O) groups excluding carboxylic acids is 1. The Morgan fingerprint density at radius 2 is 1.59 bits per heavy atom. The third kappa shape index (κ3) is 5.66. The minimum absolute atomic E-state index is 0.119. The van der Waals surface area contributed by atoms with Crippen LogP contribution in [0.3, 0.4) is 0 Å². The van der Waals surface area contributed by atoms with Crippen molar-refractivity contribution < 1.29 is 13.7 Å². The summed E-state index contributed by atoms with van der Waals surface area (Å²) in [7, 11) is -1.29. The van der Waals surface area contributed by atoms with E-state index in [4.69, 9.17) is 27.9 Å². The van der Waals surface area contributed by atoms with Crippen molar-refractivity contribution in [2.24, 2.45) is 0 Å². The number of anilines is 1. The van der Waals surface area contributed by atoms with Gasteiger partial charge in [0.05, 0.1) is 28.2 Å². The highest BCUT2D eigenvalue weighted by molar-refractivity contribution is 7.82.